The van der Waals surface area contributed by atoms with Gasteiger partial charge in [0.2, 0.25) is 21.7 Å². The Kier molecular flexibility index (Phi) is 5.13. The maximum Gasteiger partial charge on any atom is 0.245 e. The lowest BCUT2D eigenvalue weighted by Gasteiger charge is -2.22. The molecule has 6 nitrogen and oxygen atoms in total. The maximum atomic E-state index is 13.2. The smallest absolute Gasteiger partial charge is 0.245 e. The summed E-state index contributed by atoms with van der Waals surface area (Å²) < 4.78 is 46.0. The minimum atomic E-state index is -3.91. The van der Waals surface area contributed by atoms with Crippen molar-refractivity contribution in [2.45, 2.75) is 23.8 Å². The topological polar surface area (TPSA) is 76.3 Å². The van der Waals surface area contributed by atoms with E-state index in [9.17, 15) is 12.8 Å². The van der Waals surface area contributed by atoms with E-state index in [0.29, 0.717) is 24.9 Å². The molecule has 1 aliphatic heterocycles. The minimum Gasteiger partial charge on any atom is -0.337 e. The van der Waals surface area contributed by atoms with Crippen LogP contribution in [0.5, 0.6) is 0 Å². The Morgan fingerprint density at radius 2 is 1.89 bits per heavy atom. The largest absolute Gasteiger partial charge is 0.337 e. The summed E-state index contributed by atoms with van der Waals surface area (Å²) in [4.78, 5) is 4.26. The summed E-state index contributed by atoms with van der Waals surface area (Å²) in [5, 5.41) is 4.27. The fourth-order valence-electron chi connectivity index (χ4n) is 3.16. The van der Waals surface area contributed by atoms with Crippen LogP contribution in [0, 0.1) is 5.82 Å². The van der Waals surface area contributed by atoms with Crippen LogP contribution in [-0.4, -0.2) is 29.4 Å². The Hall–Kier alpha value is -2.00. The Morgan fingerprint density at radius 1 is 1.14 bits per heavy atom. The van der Waals surface area contributed by atoms with E-state index in [1.54, 1.807) is 0 Å². The van der Waals surface area contributed by atoms with Crippen LogP contribution in [0.15, 0.2) is 51.9 Å². The fourth-order valence-corrected chi connectivity index (χ4v) is 5.55. The van der Waals surface area contributed by atoms with E-state index in [1.807, 2.05) is 0 Å². The zero-order valence-corrected chi connectivity index (χ0v) is 16.7. The van der Waals surface area contributed by atoms with Crippen molar-refractivity contribution in [3.8, 4) is 11.4 Å². The lowest BCUT2D eigenvalue weighted by Crippen LogP contribution is -2.31. The van der Waals surface area contributed by atoms with Crippen molar-refractivity contribution >= 4 is 33.2 Å². The van der Waals surface area contributed by atoms with E-state index in [0.717, 1.165) is 0 Å². The zero-order valence-electron chi connectivity index (χ0n) is 14.3. The quantitative estimate of drug-likeness (QED) is 0.585. The molecule has 1 aliphatic rings. The molecular formula is C18H14Cl2FN3O3S. The summed E-state index contributed by atoms with van der Waals surface area (Å²) in [5.41, 5.74) is 0.571. The number of sulfonamides is 1. The maximum absolute atomic E-state index is 13.2. The number of nitrogens with zero attached hydrogens (tertiary/aromatic N) is 3. The normalized spacial score (nSPS) is 17.9. The van der Waals surface area contributed by atoms with Gasteiger partial charge in [-0.15, -0.1) is 0 Å². The molecule has 0 radical (unpaired) electrons. The second-order valence-corrected chi connectivity index (χ2v) is 9.01. The van der Waals surface area contributed by atoms with Crippen molar-refractivity contribution < 1.29 is 17.3 Å². The van der Waals surface area contributed by atoms with Gasteiger partial charge >= 0.3 is 0 Å². The summed E-state index contributed by atoms with van der Waals surface area (Å²) in [6.07, 6.45) is 1.17. The standard InChI is InChI=1S/C18H14Cl2FN3O3S/c19-12-5-8-14(20)16(10-12)28(25,26)24-9-1-2-15(24)18-22-17(23-27-18)11-3-6-13(21)7-4-11/h3-8,10,15H,1-2,9H2. The average Bonchev–Trinajstić information content (AvgIpc) is 3.33. The lowest BCUT2D eigenvalue weighted by atomic mass is 10.2. The molecule has 0 amide bonds. The van der Waals surface area contributed by atoms with E-state index >= 15 is 0 Å². The molecule has 146 valence electrons. The molecule has 1 unspecified atom stereocenters. The molecule has 0 spiro atoms. The zero-order chi connectivity index (χ0) is 19.9. The number of rotatable bonds is 4. The number of halogens is 3. The highest BCUT2D eigenvalue weighted by Crippen LogP contribution is 2.38. The van der Waals surface area contributed by atoms with Crippen LogP contribution in [0.25, 0.3) is 11.4 Å². The van der Waals surface area contributed by atoms with Crippen molar-refractivity contribution in [1.29, 1.82) is 0 Å². The van der Waals surface area contributed by atoms with Gasteiger partial charge in [-0.2, -0.15) is 9.29 Å². The lowest BCUT2D eigenvalue weighted by molar-refractivity contribution is 0.290. The average molecular weight is 442 g/mol. The molecule has 1 atom stereocenters. The molecule has 2 heterocycles. The van der Waals surface area contributed by atoms with E-state index in [1.165, 1.54) is 46.8 Å². The van der Waals surface area contributed by atoms with Gasteiger partial charge in [-0.3, -0.25) is 0 Å². The molecule has 1 aromatic heterocycles. The van der Waals surface area contributed by atoms with Crippen molar-refractivity contribution in [1.82, 2.24) is 14.4 Å². The van der Waals surface area contributed by atoms with Crippen molar-refractivity contribution in [3.05, 3.63) is 64.2 Å². The number of hydrogen-bond donors (Lipinski definition) is 0. The predicted molar refractivity (Wildman–Crippen MR) is 102 cm³/mol. The third kappa shape index (κ3) is 3.53. The first-order valence-corrected chi connectivity index (χ1v) is 10.6. The first kappa shape index (κ1) is 19.3. The van der Waals surface area contributed by atoms with Crippen LogP contribution in [0.3, 0.4) is 0 Å². The molecule has 2 aromatic carbocycles. The summed E-state index contributed by atoms with van der Waals surface area (Å²) in [5.74, 6) is 0.0671. The molecule has 4 rings (SSSR count). The summed E-state index contributed by atoms with van der Waals surface area (Å²) in [6, 6.07) is 9.32. The molecule has 3 aromatic rings. The monoisotopic (exact) mass is 441 g/mol. The van der Waals surface area contributed by atoms with Crippen LogP contribution in [0.2, 0.25) is 10.0 Å². The van der Waals surface area contributed by atoms with Crippen LogP contribution in [-0.2, 0) is 10.0 Å². The highest BCUT2D eigenvalue weighted by molar-refractivity contribution is 7.89. The van der Waals surface area contributed by atoms with Crippen LogP contribution in [0.4, 0.5) is 4.39 Å². The molecule has 0 saturated carbocycles. The molecule has 10 heteroatoms. The highest BCUT2D eigenvalue weighted by Gasteiger charge is 2.40. The van der Waals surface area contributed by atoms with E-state index < -0.39 is 16.1 Å². The van der Waals surface area contributed by atoms with Crippen LogP contribution in [0.1, 0.15) is 24.8 Å². The Bertz CT molecular complexity index is 1120. The Balaban J connectivity index is 1.67. The van der Waals surface area contributed by atoms with Crippen molar-refractivity contribution in [2.75, 3.05) is 6.54 Å². The summed E-state index contributed by atoms with van der Waals surface area (Å²) >= 11 is 12.1. The number of aromatic nitrogens is 2. The summed E-state index contributed by atoms with van der Waals surface area (Å²) in [7, 11) is -3.91. The van der Waals surface area contributed by atoms with Gasteiger partial charge in [-0.05, 0) is 55.3 Å². The molecule has 0 N–H and O–H groups in total. The predicted octanol–water partition coefficient (Wildman–Crippen LogP) is 4.71. The molecule has 28 heavy (non-hydrogen) atoms. The third-order valence-corrected chi connectivity index (χ3v) is 7.14. The first-order chi connectivity index (χ1) is 13.4. The number of hydrogen-bond acceptors (Lipinski definition) is 5. The van der Waals surface area contributed by atoms with Gasteiger partial charge in [-0.1, -0.05) is 28.4 Å². The van der Waals surface area contributed by atoms with E-state index in [-0.39, 0.29) is 32.5 Å². The minimum absolute atomic E-state index is 0.0631. The van der Waals surface area contributed by atoms with Gasteiger partial charge in [0.05, 0.1) is 5.02 Å². The van der Waals surface area contributed by atoms with Gasteiger partial charge in [0.1, 0.15) is 16.8 Å². The van der Waals surface area contributed by atoms with Crippen LogP contribution >= 0.6 is 23.2 Å². The van der Waals surface area contributed by atoms with Gasteiger partial charge in [0.15, 0.2) is 0 Å². The SMILES string of the molecule is O=S(=O)(c1cc(Cl)ccc1Cl)N1CCCC1c1nc(-c2ccc(F)cc2)no1. The molecule has 0 bridgehead atoms. The highest BCUT2D eigenvalue weighted by atomic mass is 35.5. The molecular weight excluding hydrogens is 428 g/mol. The van der Waals surface area contributed by atoms with Crippen molar-refractivity contribution in [2.24, 2.45) is 0 Å². The Labute approximate surface area is 170 Å². The van der Waals surface area contributed by atoms with Gasteiger partial charge in [0, 0.05) is 17.1 Å². The van der Waals surface area contributed by atoms with E-state index in [2.05, 4.69) is 10.1 Å². The molecule has 1 fully saturated rings. The molecule has 0 aliphatic carbocycles. The Morgan fingerprint density at radius 3 is 2.64 bits per heavy atom. The second kappa shape index (κ2) is 7.44. The number of benzene rings is 2. The van der Waals surface area contributed by atoms with Gasteiger partial charge < -0.3 is 4.52 Å². The van der Waals surface area contributed by atoms with Gasteiger partial charge in [-0.25, -0.2) is 12.8 Å². The van der Waals surface area contributed by atoms with Crippen LogP contribution < -0.4 is 0 Å². The first-order valence-electron chi connectivity index (χ1n) is 8.43. The van der Waals surface area contributed by atoms with Gasteiger partial charge in [0.25, 0.3) is 0 Å². The van der Waals surface area contributed by atoms with Crippen molar-refractivity contribution in [3.63, 3.8) is 0 Å². The fraction of sp³-hybridized carbons (Fsp3) is 0.222. The molecule has 1 saturated heterocycles. The van der Waals surface area contributed by atoms with E-state index in [4.69, 9.17) is 27.7 Å². The summed E-state index contributed by atoms with van der Waals surface area (Å²) in [6.45, 7) is 0.296. The third-order valence-electron chi connectivity index (χ3n) is 4.51. The second-order valence-electron chi connectivity index (χ2n) is 6.31.